The fraction of sp³-hybridized carbons (Fsp3) is 0.474. The van der Waals surface area contributed by atoms with Gasteiger partial charge in [0.05, 0.1) is 26.5 Å². The molecule has 1 aliphatic heterocycles. The minimum absolute atomic E-state index is 0.430. The van der Waals surface area contributed by atoms with E-state index in [9.17, 15) is 0 Å². The number of hydrogen-bond acceptors (Lipinski definition) is 6. The number of hydrogen-bond donors (Lipinski definition) is 2. The highest BCUT2D eigenvalue weighted by atomic mass is 32.1. The Labute approximate surface area is 164 Å². The van der Waals surface area contributed by atoms with Crippen LogP contribution in [0.5, 0.6) is 11.5 Å². The highest BCUT2D eigenvalue weighted by Crippen LogP contribution is 2.27. The lowest BCUT2D eigenvalue weighted by atomic mass is 10.2. The van der Waals surface area contributed by atoms with E-state index in [1.165, 1.54) is 12.8 Å². The Morgan fingerprint density at radius 1 is 1.26 bits per heavy atom. The normalized spacial score (nSPS) is 14.4. The molecule has 2 heterocycles. The van der Waals surface area contributed by atoms with Crippen molar-refractivity contribution < 1.29 is 9.47 Å². The van der Waals surface area contributed by atoms with Crippen LogP contribution in [0.1, 0.15) is 24.1 Å². The maximum atomic E-state index is 5.97. The molecule has 0 radical (unpaired) electrons. The first-order valence-corrected chi connectivity index (χ1v) is 10.0. The molecule has 0 atom stereocenters. The number of anilines is 1. The summed E-state index contributed by atoms with van der Waals surface area (Å²) in [7, 11) is 3.24. The van der Waals surface area contributed by atoms with Crippen LogP contribution in [0.3, 0.4) is 0 Å². The first kappa shape index (κ1) is 19.3. The molecule has 2 aromatic rings. The average Bonchev–Trinajstić information content (AvgIpc) is 3.37. The molecule has 0 unspecified atom stereocenters. The van der Waals surface area contributed by atoms with Crippen molar-refractivity contribution in [3.8, 4) is 11.5 Å². The Hall–Kier alpha value is -2.48. The summed E-state index contributed by atoms with van der Waals surface area (Å²) in [6.07, 6.45) is 3.37. The Balaban J connectivity index is 1.45. The number of nitrogens with two attached hydrogens (primary N) is 1. The summed E-state index contributed by atoms with van der Waals surface area (Å²) in [5, 5.41) is 6.42. The largest absolute Gasteiger partial charge is 0.493 e. The molecule has 27 heavy (non-hydrogen) atoms. The lowest BCUT2D eigenvalue weighted by Crippen LogP contribution is -2.33. The second-order valence-corrected chi connectivity index (χ2v) is 7.22. The number of nitrogens with zero attached hydrogens (tertiary/aromatic N) is 3. The third kappa shape index (κ3) is 5.26. The second-order valence-electron chi connectivity index (χ2n) is 6.38. The number of methoxy groups -OCH3 is 2. The van der Waals surface area contributed by atoms with Crippen molar-refractivity contribution in [3.05, 3.63) is 34.8 Å². The fourth-order valence-corrected chi connectivity index (χ4v) is 3.91. The molecule has 146 valence electrons. The summed E-state index contributed by atoms with van der Waals surface area (Å²) in [4.78, 5) is 11.5. The van der Waals surface area contributed by atoms with Crippen LogP contribution in [-0.2, 0) is 13.0 Å². The Morgan fingerprint density at radius 3 is 2.78 bits per heavy atom. The van der Waals surface area contributed by atoms with Gasteiger partial charge in [0.1, 0.15) is 0 Å². The van der Waals surface area contributed by atoms with E-state index >= 15 is 0 Å². The molecule has 1 saturated heterocycles. The first-order valence-electron chi connectivity index (χ1n) is 9.13. The number of guanidine groups is 1. The maximum absolute atomic E-state index is 5.97. The van der Waals surface area contributed by atoms with E-state index in [2.05, 4.69) is 20.6 Å². The van der Waals surface area contributed by atoms with E-state index in [1.54, 1.807) is 25.6 Å². The molecule has 1 fully saturated rings. The molecule has 0 bridgehead atoms. The molecule has 8 heteroatoms. The van der Waals surface area contributed by atoms with E-state index in [-0.39, 0.29) is 0 Å². The van der Waals surface area contributed by atoms with Crippen molar-refractivity contribution in [1.82, 2.24) is 10.3 Å². The van der Waals surface area contributed by atoms with Gasteiger partial charge in [-0.15, -0.1) is 11.3 Å². The number of rotatable bonds is 8. The third-order valence-electron chi connectivity index (χ3n) is 4.48. The maximum Gasteiger partial charge on any atom is 0.188 e. The van der Waals surface area contributed by atoms with Gasteiger partial charge < -0.3 is 25.4 Å². The number of nitrogens with one attached hydrogen (secondary N) is 1. The standard InChI is InChI=1S/C19H27N5O2S/c1-25-16-6-5-14(11-17(16)26-2)12-22-18(20)21-8-7-15-13-27-19(23-15)24-9-3-4-10-24/h5-6,11,13H,3-4,7-10,12H2,1-2H3,(H3,20,21,22). The van der Waals surface area contributed by atoms with Crippen LogP contribution in [0, 0.1) is 0 Å². The topological polar surface area (TPSA) is 85.0 Å². The SMILES string of the molecule is COc1ccc(CN=C(N)NCCc2csc(N3CCCC3)n2)cc1OC. The van der Waals surface area contributed by atoms with Gasteiger partial charge in [0.15, 0.2) is 22.6 Å². The molecule has 7 nitrogen and oxygen atoms in total. The second kappa shape index (κ2) is 9.45. The lowest BCUT2D eigenvalue weighted by molar-refractivity contribution is 0.354. The molecule has 0 amide bonds. The quantitative estimate of drug-likeness (QED) is 0.533. The summed E-state index contributed by atoms with van der Waals surface area (Å²) in [5.41, 5.74) is 8.08. The van der Waals surface area contributed by atoms with Crippen LogP contribution < -0.4 is 25.4 Å². The zero-order chi connectivity index (χ0) is 19.1. The third-order valence-corrected chi connectivity index (χ3v) is 5.43. The molecule has 1 aromatic carbocycles. The Kier molecular flexibility index (Phi) is 6.75. The molecular weight excluding hydrogens is 362 g/mol. The summed E-state index contributed by atoms with van der Waals surface area (Å²) < 4.78 is 10.5. The predicted molar refractivity (Wildman–Crippen MR) is 110 cm³/mol. The number of benzene rings is 1. The highest BCUT2D eigenvalue weighted by molar-refractivity contribution is 7.13. The Morgan fingerprint density at radius 2 is 2.04 bits per heavy atom. The van der Waals surface area contributed by atoms with Crippen LogP contribution in [0.2, 0.25) is 0 Å². The van der Waals surface area contributed by atoms with Crippen molar-refractivity contribution in [2.75, 3.05) is 38.8 Å². The van der Waals surface area contributed by atoms with Gasteiger partial charge in [0, 0.05) is 31.4 Å². The van der Waals surface area contributed by atoms with E-state index in [1.807, 2.05) is 18.2 Å². The van der Waals surface area contributed by atoms with Crippen LogP contribution in [0.25, 0.3) is 0 Å². The highest BCUT2D eigenvalue weighted by Gasteiger charge is 2.15. The van der Waals surface area contributed by atoms with Gasteiger partial charge in [0.25, 0.3) is 0 Å². The van der Waals surface area contributed by atoms with Crippen molar-refractivity contribution >= 4 is 22.4 Å². The number of aliphatic imine (C=N–C) groups is 1. The summed E-state index contributed by atoms with van der Waals surface area (Å²) >= 11 is 1.72. The molecule has 1 aromatic heterocycles. The van der Waals surface area contributed by atoms with Crippen molar-refractivity contribution in [1.29, 1.82) is 0 Å². The van der Waals surface area contributed by atoms with E-state index in [0.29, 0.717) is 30.5 Å². The van der Waals surface area contributed by atoms with Crippen LogP contribution in [0.4, 0.5) is 5.13 Å². The van der Waals surface area contributed by atoms with Gasteiger partial charge in [-0.1, -0.05) is 6.07 Å². The average molecular weight is 390 g/mol. The summed E-state index contributed by atoms with van der Waals surface area (Å²) in [5.74, 6) is 1.82. The molecule has 3 N–H and O–H groups in total. The number of thiazole rings is 1. The van der Waals surface area contributed by atoms with E-state index in [0.717, 1.165) is 35.9 Å². The number of aromatic nitrogens is 1. The number of ether oxygens (including phenoxy) is 2. The lowest BCUT2D eigenvalue weighted by Gasteiger charge is -2.12. The van der Waals surface area contributed by atoms with Crippen LogP contribution in [-0.4, -0.2) is 44.8 Å². The zero-order valence-electron chi connectivity index (χ0n) is 15.9. The monoisotopic (exact) mass is 389 g/mol. The first-order chi connectivity index (χ1) is 13.2. The molecule has 3 rings (SSSR count). The smallest absolute Gasteiger partial charge is 0.188 e. The van der Waals surface area contributed by atoms with Crippen molar-refractivity contribution in [3.63, 3.8) is 0 Å². The molecule has 1 aliphatic rings. The molecule has 0 aliphatic carbocycles. The Bertz CT molecular complexity index is 771. The minimum atomic E-state index is 0.430. The molecule has 0 spiro atoms. The van der Waals surface area contributed by atoms with Gasteiger partial charge in [-0.2, -0.15) is 0 Å². The van der Waals surface area contributed by atoms with Gasteiger partial charge in [-0.05, 0) is 30.5 Å². The zero-order valence-corrected chi connectivity index (χ0v) is 16.7. The fourth-order valence-electron chi connectivity index (χ4n) is 2.99. The van der Waals surface area contributed by atoms with Gasteiger partial charge in [-0.25, -0.2) is 9.98 Å². The van der Waals surface area contributed by atoms with Gasteiger partial charge >= 0.3 is 0 Å². The van der Waals surface area contributed by atoms with E-state index in [4.69, 9.17) is 20.2 Å². The summed E-state index contributed by atoms with van der Waals surface area (Å²) in [6, 6.07) is 5.73. The predicted octanol–water partition coefficient (Wildman–Crippen LogP) is 2.41. The van der Waals surface area contributed by atoms with Gasteiger partial charge in [0.2, 0.25) is 0 Å². The van der Waals surface area contributed by atoms with Crippen LogP contribution in [0.15, 0.2) is 28.6 Å². The van der Waals surface area contributed by atoms with Crippen molar-refractivity contribution in [2.24, 2.45) is 10.7 Å². The van der Waals surface area contributed by atoms with E-state index < -0.39 is 0 Å². The van der Waals surface area contributed by atoms with Crippen LogP contribution >= 0.6 is 11.3 Å². The molecule has 0 saturated carbocycles. The summed E-state index contributed by atoms with van der Waals surface area (Å²) in [6.45, 7) is 3.45. The minimum Gasteiger partial charge on any atom is -0.493 e. The molecular formula is C19H27N5O2S. The van der Waals surface area contributed by atoms with Crippen molar-refractivity contribution in [2.45, 2.75) is 25.8 Å². The van der Waals surface area contributed by atoms with Gasteiger partial charge in [-0.3, -0.25) is 0 Å².